The molecule has 0 saturated carbocycles. The van der Waals surface area contributed by atoms with Gasteiger partial charge in [0.15, 0.2) is 0 Å². The predicted molar refractivity (Wildman–Crippen MR) is 106 cm³/mol. The average Bonchev–Trinajstić information content (AvgIpc) is 3.39. The molecule has 0 radical (unpaired) electrons. The summed E-state index contributed by atoms with van der Waals surface area (Å²) >= 11 is 0. The second kappa shape index (κ2) is 7.31. The van der Waals surface area contributed by atoms with Gasteiger partial charge in [0, 0.05) is 25.0 Å². The molecular weight excluding hydrogens is 366 g/mol. The summed E-state index contributed by atoms with van der Waals surface area (Å²) in [7, 11) is 0. The highest BCUT2D eigenvalue weighted by molar-refractivity contribution is 5.90. The fraction of sp³-hybridized carbons (Fsp3) is 0.190. The molecule has 0 bridgehead atoms. The normalized spacial score (nSPS) is 15.2. The van der Waals surface area contributed by atoms with Gasteiger partial charge in [-0.05, 0) is 30.0 Å². The summed E-state index contributed by atoms with van der Waals surface area (Å²) in [5.74, 6) is 2.09. The Balaban J connectivity index is 1.34. The van der Waals surface area contributed by atoms with Gasteiger partial charge in [-0.25, -0.2) is 15.0 Å². The second-order valence-corrected chi connectivity index (χ2v) is 6.97. The third kappa shape index (κ3) is 3.40. The molecular formula is C21H19N7O. The molecule has 0 unspecified atom stereocenters. The third-order valence-electron chi connectivity index (χ3n) is 5.03. The molecule has 144 valence electrons. The number of aryl methyl sites for hydroxylation is 1. The van der Waals surface area contributed by atoms with E-state index >= 15 is 0 Å². The van der Waals surface area contributed by atoms with Gasteiger partial charge >= 0.3 is 0 Å². The van der Waals surface area contributed by atoms with E-state index in [9.17, 15) is 4.79 Å². The smallest absolute Gasteiger partial charge is 0.291 e. The first-order valence-corrected chi connectivity index (χ1v) is 9.51. The Morgan fingerprint density at radius 3 is 2.93 bits per heavy atom. The fourth-order valence-electron chi connectivity index (χ4n) is 3.65. The SMILES string of the molecule is O=C(N[C@@H]1CCc2cccnc2-n2ccnc21)c1n[nH]c(Cc2ccccc2)n1. The van der Waals surface area contributed by atoms with Crippen LogP contribution < -0.4 is 5.32 Å². The first-order chi connectivity index (χ1) is 14.3. The molecule has 0 fully saturated rings. The van der Waals surface area contributed by atoms with Crippen molar-refractivity contribution in [2.24, 2.45) is 0 Å². The van der Waals surface area contributed by atoms with Crippen LogP contribution in [0.5, 0.6) is 0 Å². The summed E-state index contributed by atoms with van der Waals surface area (Å²) in [4.78, 5) is 26.1. The molecule has 8 nitrogen and oxygen atoms in total. The van der Waals surface area contributed by atoms with Crippen molar-refractivity contribution in [3.05, 3.63) is 89.7 Å². The molecule has 3 aromatic heterocycles. The van der Waals surface area contributed by atoms with Gasteiger partial charge in [0.25, 0.3) is 5.91 Å². The van der Waals surface area contributed by atoms with Gasteiger partial charge in [0.05, 0.1) is 6.04 Å². The quantitative estimate of drug-likeness (QED) is 0.562. The highest BCUT2D eigenvalue weighted by Gasteiger charge is 2.26. The lowest BCUT2D eigenvalue weighted by atomic mass is 10.1. The minimum Gasteiger partial charge on any atom is -0.339 e. The molecule has 29 heavy (non-hydrogen) atoms. The molecule has 0 saturated heterocycles. The van der Waals surface area contributed by atoms with Gasteiger partial charge in [0.1, 0.15) is 17.5 Å². The number of hydrogen-bond acceptors (Lipinski definition) is 5. The fourth-order valence-corrected chi connectivity index (χ4v) is 3.65. The Kier molecular flexibility index (Phi) is 4.36. The summed E-state index contributed by atoms with van der Waals surface area (Å²) in [6, 6.07) is 13.7. The van der Waals surface area contributed by atoms with E-state index in [2.05, 4.69) is 36.5 Å². The zero-order chi connectivity index (χ0) is 19.6. The van der Waals surface area contributed by atoms with Crippen molar-refractivity contribution in [1.29, 1.82) is 0 Å². The lowest BCUT2D eigenvalue weighted by Gasteiger charge is -2.15. The van der Waals surface area contributed by atoms with E-state index in [0.29, 0.717) is 12.2 Å². The number of hydrogen-bond donors (Lipinski definition) is 2. The number of carbonyl (C=O) groups excluding carboxylic acids is 1. The number of benzene rings is 1. The molecule has 0 aliphatic carbocycles. The maximum atomic E-state index is 12.8. The largest absolute Gasteiger partial charge is 0.339 e. The Bertz CT molecular complexity index is 1150. The topological polar surface area (TPSA) is 101 Å². The second-order valence-electron chi connectivity index (χ2n) is 6.97. The number of H-pyrrole nitrogens is 1. The molecule has 5 rings (SSSR count). The number of nitrogens with one attached hydrogen (secondary N) is 2. The van der Waals surface area contributed by atoms with Crippen LogP contribution in [0.15, 0.2) is 61.1 Å². The number of imidazole rings is 1. The van der Waals surface area contributed by atoms with Crippen molar-refractivity contribution in [2.75, 3.05) is 0 Å². The van der Waals surface area contributed by atoms with Crippen LogP contribution in [0.2, 0.25) is 0 Å². The number of rotatable bonds is 4. The van der Waals surface area contributed by atoms with Crippen LogP contribution in [0, 0.1) is 0 Å². The van der Waals surface area contributed by atoms with Crippen molar-refractivity contribution < 1.29 is 4.79 Å². The summed E-state index contributed by atoms with van der Waals surface area (Å²) in [5, 5.41) is 9.99. The number of aromatic amines is 1. The number of carbonyl (C=O) groups is 1. The number of amides is 1. The summed E-state index contributed by atoms with van der Waals surface area (Å²) in [6.07, 6.45) is 7.48. The molecule has 1 aliphatic heterocycles. The first kappa shape index (κ1) is 17.3. The lowest BCUT2D eigenvalue weighted by Crippen LogP contribution is -2.31. The van der Waals surface area contributed by atoms with E-state index in [4.69, 9.17) is 0 Å². The Morgan fingerprint density at radius 2 is 2.03 bits per heavy atom. The van der Waals surface area contributed by atoms with Crippen LogP contribution in [-0.4, -0.2) is 35.6 Å². The molecule has 1 aliphatic rings. The van der Waals surface area contributed by atoms with Crippen LogP contribution in [0.1, 0.15) is 45.9 Å². The van der Waals surface area contributed by atoms with Crippen LogP contribution in [0.25, 0.3) is 5.82 Å². The predicted octanol–water partition coefficient (Wildman–Crippen LogP) is 2.39. The van der Waals surface area contributed by atoms with E-state index in [0.717, 1.165) is 35.6 Å². The monoisotopic (exact) mass is 385 g/mol. The minimum atomic E-state index is -0.320. The van der Waals surface area contributed by atoms with E-state index in [1.54, 1.807) is 12.4 Å². The standard InChI is InChI=1S/C21H19N7O/c29-21(18-25-17(26-27-18)13-14-5-2-1-3-6-14)24-16-9-8-15-7-4-10-22-19(15)28-12-11-23-20(16)28/h1-7,10-12,16H,8-9,13H2,(H,24,29)(H,25,26,27)/t16-/m1/s1. The van der Waals surface area contributed by atoms with Crippen molar-refractivity contribution in [3.63, 3.8) is 0 Å². The number of nitrogens with zero attached hydrogens (tertiary/aromatic N) is 5. The highest BCUT2D eigenvalue weighted by Crippen LogP contribution is 2.27. The number of fused-ring (bicyclic) bond motifs is 3. The first-order valence-electron chi connectivity index (χ1n) is 9.51. The van der Waals surface area contributed by atoms with Crippen molar-refractivity contribution in [1.82, 2.24) is 35.0 Å². The zero-order valence-electron chi connectivity index (χ0n) is 15.6. The third-order valence-corrected chi connectivity index (χ3v) is 5.03. The van der Waals surface area contributed by atoms with E-state index in [-0.39, 0.29) is 17.8 Å². The maximum Gasteiger partial charge on any atom is 0.291 e. The Hall–Kier alpha value is -3.81. The molecule has 4 heterocycles. The van der Waals surface area contributed by atoms with Crippen LogP contribution in [0.4, 0.5) is 0 Å². The van der Waals surface area contributed by atoms with Crippen molar-refractivity contribution in [3.8, 4) is 5.82 Å². The highest BCUT2D eigenvalue weighted by atomic mass is 16.2. The maximum absolute atomic E-state index is 12.8. The average molecular weight is 385 g/mol. The molecule has 1 amide bonds. The number of pyridine rings is 1. The zero-order valence-corrected chi connectivity index (χ0v) is 15.6. The van der Waals surface area contributed by atoms with E-state index in [1.807, 2.05) is 47.2 Å². The lowest BCUT2D eigenvalue weighted by molar-refractivity contribution is 0.0922. The van der Waals surface area contributed by atoms with Gasteiger partial charge in [-0.15, -0.1) is 5.10 Å². The van der Waals surface area contributed by atoms with Gasteiger partial charge in [-0.2, -0.15) is 0 Å². The van der Waals surface area contributed by atoms with Gasteiger partial charge < -0.3 is 5.32 Å². The molecule has 8 heteroatoms. The van der Waals surface area contributed by atoms with E-state index in [1.165, 1.54) is 0 Å². The van der Waals surface area contributed by atoms with Gasteiger partial charge in [-0.1, -0.05) is 36.4 Å². The Labute approximate surface area is 167 Å². The number of aromatic nitrogens is 6. The summed E-state index contributed by atoms with van der Waals surface area (Å²) in [6.45, 7) is 0. The van der Waals surface area contributed by atoms with Crippen LogP contribution >= 0.6 is 0 Å². The molecule has 2 N–H and O–H groups in total. The van der Waals surface area contributed by atoms with Crippen molar-refractivity contribution >= 4 is 5.91 Å². The van der Waals surface area contributed by atoms with E-state index < -0.39 is 0 Å². The van der Waals surface area contributed by atoms with Crippen LogP contribution in [-0.2, 0) is 12.8 Å². The van der Waals surface area contributed by atoms with Crippen molar-refractivity contribution in [2.45, 2.75) is 25.3 Å². The van der Waals surface area contributed by atoms with Crippen LogP contribution in [0.3, 0.4) is 0 Å². The summed E-state index contributed by atoms with van der Waals surface area (Å²) < 4.78 is 1.94. The molecule has 1 atom stereocenters. The molecule has 1 aromatic carbocycles. The summed E-state index contributed by atoms with van der Waals surface area (Å²) in [5.41, 5.74) is 2.23. The Morgan fingerprint density at radius 1 is 1.14 bits per heavy atom. The molecule has 4 aromatic rings. The van der Waals surface area contributed by atoms with Gasteiger partial charge in [0.2, 0.25) is 5.82 Å². The molecule has 0 spiro atoms. The van der Waals surface area contributed by atoms with Gasteiger partial charge in [-0.3, -0.25) is 14.5 Å². The minimum absolute atomic E-state index is 0.133.